The van der Waals surface area contributed by atoms with E-state index in [4.69, 9.17) is 0 Å². The maximum absolute atomic E-state index is 12.3. The van der Waals surface area contributed by atoms with Gasteiger partial charge >= 0.3 is 6.03 Å². The van der Waals surface area contributed by atoms with E-state index in [1.807, 2.05) is 30.3 Å². The Labute approximate surface area is 168 Å². The molecule has 0 aromatic heterocycles. The van der Waals surface area contributed by atoms with Gasteiger partial charge in [0.15, 0.2) is 0 Å². The Balaban J connectivity index is 1.61. The molecule has 1 unspecified atom stereocenters. The number of hydrogen-bond donors (Lipinski definition) is 2. The summed E-state index contributed by atoms with van der Waals surface area (Å²) in [7, 11) is 4.10. The Morgan fingerprint density at radius 2 is 1.64 bits per heavy atom. The van der Waals surface area contributed by atoms with Gasteiger partial charge in [-0.25, -0.2) is 4.79 Å². The van der Waals surface area contributed by atoms with E-state index in [1.165, 1.54) is 30.5 Å². The number of anilines is 1. The topological polar surface area (TPSA) is 47.6 Å². The number of nitrogens with zero attached hydrogens (tertiary/aromatic N) is 2. The van der Waals surface area contributed by atoms with E-state index in [2.05, 4.69) is 58.8 Å². The second-order valence-electron chi connectivity index (χ2n) is 7.65. The van der Waals surface area contributed by atoms with E-state index in [0.29, 0.717) is 13.1 Å². The highest BCUT2D eigenvalue weighted by Gasteiger charge is 2.23. The maximum Gasteiger partial charge on any atom is 0.315 e. The Bertz CT molecular complexity index is 724. The summed E-state index contributed by atoms with van der Waals surface area (Å²) in [6.07, 6.45) is 3.76. The summed E-state index contributed by atoms with van der Waals surface area (Å²) >= 11 is 0. The van der Waals surface area contributed by atoms with Gasteiger partial charge in [-0.15, -0.1) is 0 Å². The molecule has 2 N–H and O–H groups in total. The first-order chi connectivity index (χ1) is 13.6. The highest BCUT2D eigenvalue weighted by molar-refractivity contribution is 5.73. The Kier molecular flexibility index (Phi) is 7.31. The van der Waals surface area contributed by atoms with E-state index < -0.39 is 0 Å². The third-order valence-electron chi connectivity index (χ3n) is 5.38. The molecule has 0 spiro atoms. The zero-order valence-electron chi connectivity index (χ0n) is 17.0. The van der Waals surface area contributed by atoms with Crippen LogP contribution in [0, 0.1) is 0 Å². The van der Waals surface area contributed by atoms with Crippen LogP contribution in [0.15, 0.2) is 54.6 Å². The van der Waals surface area contributed by atoms with Gasteiger partial charge in [0.1, 0.15) is 0 Å². The lowest BCUT2D eigenvalue weighted by Crippen LogP contribution is -2.43. The fourth-order valence-electron chi connectivity index (χ4n) is 3.71. The predicted octanol–water partition coefficient (Wildman–Crippen LogP) is 3.78. The molecule has 1 heterocycles. The average molecular weight is 381 g/mol. The van der Waals surface area contributed by atoms with Crippen LogP contribution in [0.2, 0.25) is 0 Å². The second kappa shape index (κ2) is 10.1. The van der Waals surface area contributed by atoms with E-state index in [-0.39, 0.29) is 12.1 Å². The van der Waals surface area contributed by atoms with Gasteiger partial charge in [-0.1, -0.05) is 48.9 Å². The first kappa shape index (κ1) is 20.2. The standard InChI is InChI=1S/C23H32N4O/c1-26(2)21-13-11-20(12-14-21)22(27-15-7-4-8-16-27)18-25-23(28)24-17-19-9-5-3-6-10-19/h3,5-6,9-14,22H,4,7-8,15-18H2,1-2H3,(H2,24,25,28). The van der Waals surface area contributed by atoms with Crippen LogP contribution in [0.25, 0.3) is 0 Å². The van der Waals surface area contributed by atoms with Crippen molar-refractivity contribution in [2.75, 3.05) is 38.6 Å². The number of piperidine rings is 1. The number of carbonyl (C=O) groups is 1. The molecule has 150 valence electrons. The monoisotopic (exact) mass is 380 g/mol. The van der Waals surface area contributed by atoms with E-state index in [1.54, 1.807) is 0 Å². The molecule has 3 rings (SSSR count). The van der Waals surface area contributed by atoms with Gasteiger partial charge in [-0.3, -0.25) is 4.90 Å². The van der Waals surface area contributed by atoms with Crippen LogP contribution in [0.3, 0.4) is 0 Å². The van der Waals surface area contributed by atoms with Crippen molar-refractivity contribution < 1.29 is 4.79 Å². The first-order valence-corrected chi connectivity index (χ1v) is 10.2. The zero-order valence-corrected chi connectivity index (χ0v) is 17.0. The van der Waals surface area contributed by atoms with Crippen molar-refractivity contribution in [2.45, 2.75) is 31.8 Å². The largest absolute Gasteiger partial charge is 0.378 e. The maximum atomic E-state index is 12.3. The number of amides is 2. The quantitative estimate of drug-likeness (QED) is 0.768. The summed E-state index contributed by atoms with van der Waals surface area (Å²) in [5.74, 6) is 0. The molecule has 2 amide bonds. The van der Waals surface area contributed by atoms with Crippen molar-refractivity contribution in [3.8, 4) is 0 Å². The second-order valence-corrected chi connectivity index (χ2v) is 7.65. The molecule has 5 nitrogen and oxygen atoms in total. The fraction of sp³-hybridized carbons (Fsp3) is 0.435. The molecule has 0 bridgehead atoms. The molecule has 0 radical (unpaired) electrons. The van der Waals surface area contributed by atoms with E-state index >= 15 is 0 Å². The van der Waals surface area contributed by atoms with Crippen LogP contribution in [-0.2, 0) is 6.54 Å². The fourth-order valence-corrected chi connectivity index (χ4v) is 3.71. The third-order valence-corrected chi connectivity index (χ3v) is 5.38. The summed E-state index contributed by atoms with van der Waals surface area (Å²) in [6.45, 7) is 3.33. The molecule has 0 aliphatic carbocycles. The van der Waals surface area contributed by atoms with Gasteiger partial charge in [0.2, 0.25) is 0 Å². The van der Waals surface area contributed by atoms with Crippen molar-refractivity contribution in [1.82, 2.24) is 15.5 Å². The van der Waals surface area contributed by atoms with Crippen LogP contribution >= 0.6 is 0 Å². The van der Waals surface area contributed by atoms with Gasteiger partial charge in [-0.2, -0.15) is 0 Å². The molecule has 1 aliphatic heterocycles. The van der Waals surface area contributed by atoms with Crippen LogP contribution < -0.4 is 15.5 Å². The van der Waals surface area contributed by atoms with Crippen molar-refractivity contribution in [3.05, 3.63) is 65.7 Å². The number of nitrogens with one attached hydrogen (secondary N) is 2. The average Bonchev–Trinajstić information content (AvgIpc) is 2.74. The Hall–Kier alpha value is -2.53. The van der Waals surface area contributed by atoms with Crippen LogP contribution in [0.1, 0.15) is 36.4 Å². The van der Waals surface area contributed by atoms with Gasteiger partial charge in [0.05, 0.1) is 6.04 Å². The molecule has 1 saturated heterocycles. The summed E-state index contributed by atoms with van der Waals surface area (Å²) in [6, 6.07) is 18.8. The summed E-state index contributed by atoms with van der Waals surface area (Å²) in [4.78, 5) is 16.9. The first-order valence-electron chi connectivity index (χ1n) is 10.2. The van der Waals surface area contributed by atoms with E-state index in [0.717, 1.165) is 18.7 Å². The molecule has 2 aromatic rings. The van der Waals surface area contributed by atoms with Crippen molar-refractivity contribution in [3.63, 3.8) is 0 Å². The molecule has 1 aliphatic rings. The lowest BCUT2D eigenvalue weighted by molar-refractivity contribution is 0.160. The van der Waals surface area contributed by atoms with Gasteiger partial charge < -0.3 is 15.5 Å². The highest BCUT2D eigenvalue weighted by Crippen LogP contribution is 2.25. The number of rotatable bonds is 7. The van der Waals surface area contributed by atoms with Crippen molar-refractivity contribution >= 4 is 11.7 Å². The minimum absolute atomic E-state index is 0.115. The van der Waals surface area contributed by atoms with Gasteiger partial charge in [0, 0.05) is 32.9 Å². The predicted molar refractivity (Wildman–Crippen MR) is 116 cm³/mol. The molecule has 28 heavy (non-hydrogen) atoms. The number of benzene rings is 2. The van der Waals surface area contributed by atoms with Crippen molar-refractivity contribution in [1.29, 1.82) is 0 Å². The number of carbonyl (C=O) groups excluding carboxylic acids is 1. The molecule has 2 aromatic carbocycles. The molecule has 0 saturated carbocycles. The summed E-state index contributed by atoms with van der Waals surface area (Å²) in [5, 5.41) is 6.04. The summed E-state index contributed by atoms with van der Waals surface area (Å²) < 4.78 is 0. The molecule has 5 heteroatoms. The summed E-state index contributed by atoms with van der Waals surface area (Å²) in [5.41, 5.74) is 3.55. The van der Waals surface area contributed by atoms with Crippen LogP contribution in [0.5, 0.6) is 0 Å². The van der Waals surface area contributed by atoms with Crippen molar-refractivity contribution in [2.24, 2.45) is 0 Å². The van der Waals surface area contributed by atoms with Crippen LogP contribution in [-0.4, -0.2) is 44.7 Å². The number of likely N-dealkylation sites (tertiary alicyclic amines) is 1. The van der Waals surface area contributed by atoms with E-state index in [9.17, 15) is 4.79 Å². The number of hydrogen-bond acceptors (Lipinski definition) is 3. The normalized spacial score (nSPS) is 15.6. The zero-order chi connectivity index (χ0) is 19.8. The lowest BCUT2D eigenvalue weighted by Gasteiger charge is -2.35. The highest BCUT2D eigenvalue weighted by atomic mass is 16.2. The minimum Gasteiger partial charge on any atom is -0.378 e. The SMILES string of the molecule is CN(C)c1ccc(C(CNC(=O)NCc2ccccc2)N2CCCCC2)cc1. The molecule has 1 atom stereocenters. The molecular weight excluding hydrogens is 348 g/mol. The van der Waals surface area contributed by atoms with Gasteiger partial charge in [-0.05, 0) is 49.2 Å². The number of urea groups is 1. The minimum atomic E-state index is -0.115. The lowest BCUT2D eigenvalue weighted by atomic mass is 10.0. The molecular formula is C23H32N4O. The third kappa shape index (κ3) is 5.73. The van der Waals surface area contributed by atoms with Crippen LogP contribution in [0.4, 0.5) is 10.5 Å². The molecule has 1 fully saturated rings. The Morgan fingerprint density at radius 3 is 2.29 bits per heavy atom. The van der Waals surface area contributed by atoms with Gasteiger partial charge in [0.25, 0.3) is 0 Å². The smallest absolute Gasteiger partial charge is 0.315 e. The Morgan fingerprint density at radius 1 is 0.964 bits per heavy atom.